The van der Waals surface area contributed by atoms with Gasteiger partial charge in [0.15, 0.2) is 0 Å². The summed E-state index contributed by atoms with van der Waals surface area (Å²) in [5.74, 6) is -1.42. The standard InChI is InChI=1S/C14H12F2N2S/c15-11-6-10(14(17)19)7-12(16)13(11)18-8-9-4-2-1-3-5-9/h1-7,18H,8H2,(H2,17,19). The van der Waals surface area contributed by atoms with Crippen molar-refractivity contribution in [3.05, 3.63) is 65.2 Å². The second-order valence-electron chi connectivity index (χ2n) is 4.02. The van der Waals surface area contributed by atoms with Crippen LogP contribution in [-0.4, -0.2) is 4.99 Å². The van der Waals surface area contributed by atoms with Gasteiger partial charge in [0.05, 0.1) is 0 Å². The average Bonchev–Trinajstić information content (AvgIpc) is 2.38. The molecule has 0 bridgehead atoms. The third-order valence-electron chi connectivity index (χ3n) is 2.64. The van der Waals surface area contributed by atoms with Gasteiger partial charge < -0.3 is 11.1 Å². The number of rotatable bonds is 4. The van der Waals surface area contributed by atoms with E-state index in [1.54, 1.807) is 0 Å². The van der Waals surface area contributed by atoms with Gasteiger partial charge in [0.1, 0.15) is 22.3 Å². The van der Waals surface area contributed by atoms with Crippen molar-refractivity contribution < 1.29 is 8.78 Å². The highest BCUT2D eigenvalue weighted by molar-refractivity contribution is 7.80. The van der Waals surface area contributed by atoms with Crippen LogP contribution in [0.15, 0.2) is 42.5 Å². The summed E-state index contributed by atoms with van der Waals surface area (Å²) in [4.78, 5) is -0.0348. The van der Waals surface area contributed by atoms with E-state index in [0.29, 0.717) is 6.54 Å². The average molecular weight is 278 g/mol. The Kier molecular flexibility index (Phi) is 4.06. The van der Waals surface area contributed by atoms with Crippen LogP contribution >= 0.6 is 12.2 Å². The summed E-state index contributed by atoms with van der Waals surface area (Å²) in [5, 5.41) is 2.73. The second kappa shape index (κ2) is 5.75. The fraction of sp³-hybridized carbons (Fsp3) is 0.0714. The van der Waals surface area contributed by atoms with Crippen LogP contribution in [-0.2, 0) is 6.54 Å². The van der Waals surface area contributed by atoms with E-state index in [4.69, 9.17) is 5.73 Å². The van der Waals surface area contributed by atoms with Crippen LogP contribution in [0.2, 0.25) is 0 Å². The minimum Gasteiger partial charge on any atom is -0.389 e. The molecule has 0 aliphatic carbocycles. The Hall–Kier alpha value is -2.01. The van der Waals surface area contributed by atoms with Crippen LogP contribution in [0, 0.1) is 11.6 Å². The molecular formula is C14H12F2N2S. The van der Waals surface area contributed by atoms with E-state index in [1.807, 2.05) is 30.3 Å². The van der Waals surface area contributed by atoms with Crippen molar-refractivity contribution in [2.24, 2.45) is 5.73 Å². The lowest BCUT2D eigenvalue weighted by molar-refractivity contribution is 0.587. The maximum absolute atomic E-state index is 13.8. The molecule has 0 atom stereocenters. The Morgan fingerprint density at radius 1 is 1.11 bits per heavy atom. The van der Waals surface area contributed by atoms with Crippen molar-refractivity contribution in [1.82, 2.24) is 0 Å². The molecule has 2 rings (SSSR count). The third-order valence-corrected chi connectivity index (χ3v) is 2.87. The molecule has 0 fully saturated rings. The van der Waals surface area contributed by atoms with E-state index in [0.717, 1.165) is 17.7 Å². The van der Waals surface area contributed by atoms with Gasteiger partial charge in [-0.1, -0.05) is 42.5 Å². The fourth-order valence-electron chi connectivity index (χ4n) is 1.67. The lowest BCUT2D eigenvalue weighted by Crippen LogP contribution is -2.12. The molecule has 2 nitrogen and oxygen atoms in total. The van der Waals surface area contributed by atoms with Gasteiger partial charge >= 0.3 is 0 Å². The van der Waals surface area contributed by atoms with E-state index in [1.165, 1.54) is 0 Å². The minimum atomic E-state index is -0.710. The predicted molar refractivity (Wildman–Crippen MR) is 76.0 cm³/mol. The molecule has 0 aliphatic rings. The van der Waals surface area contributed by atoms with E-state index in [-0.39, 0.29) is 16.2 Å². The molecular weight excluding hydrogens is 266 g/mol. The fourth-order valence-corrected chi connectivity index (χ4v) is 1.79. The first-order valence-electron chi connectivity index (χ1n) is 5.64. The zero-order chi connectivity index (χ0) is 13.8. The number of nitrogens with one attached hydrogen (secondary N) is 1. The number of halogens is 2. The largest absolute Gasteiger partial charge is 0.389 e. The maximum Gasteiger partial charge on any atom is 0.150 e. The van der Waals surface area contributed by atoms with E-state index in [2.05, 4.69) is 17.5 Å². The molecule has 3 N–H and O–H groups in total. The highest BCUT2D eigenvalue weighted by atomic mass is 32.1. The number of benzene rings is 2. The lowest BCUT2D eigenvalue weighted by Gasteiger charge is -2.10. The van der Waals surface area contributed by atoms with E-state index >= 15 is 0 Å². The molecule has 5 heteroatoms. The Balaban J connectivity index is 2.19. The van der Waals surface area contributed by atoms with Crippen LogP contribution in [0.25, 0.3) is 0 Å². The number of nitrogens with two attached hydrogens (primary N) is 1. The van der Waals surface area contributed by atoms with Crippen molar-refractivity contribution in [3.8, 4) is 0 Å². The Labute approximate surface area is 115 Å². The lowest BCUT2D eigenvalue weighted by atomic mass is 10.1. The summed E-state index contributed by atoms with van der Waals surface area (Å²) in [7, 11) is 0. The monoisotopic (exact) mass is 278 g/mol. The molecule has 0 heterocycles. The highest BCUT2D eigenvalue weighted by Gasteiger charge is 2.12. The molecule has 0 radical (unpaired) electrons. The molecule has 2 aromatic rings. The molecule has 0 aliphatic heterocycles. The molecule has 19 heavy (non-hydrogen) atoms. The summed E-state index contributed by atoms with van der Waals surface area (Å²) in [6.45, 7) is 0.334. The van der Waals surface area contributed by atoms with Gasteiger partial charge in [0.25, 0.3) is 0 Å². The molecule has 0 aromatic heterocycles. The number of thiocarbonyl (C=S) groups is 1. The SMILES string of the molecule is NC(=S)c1cc(F)c(NCc2ccccc2)c(F)c1. The number of anilines is 1. The van der Waals surface area contributed by atoms with Gasteiger partial charge in [0, 0.05) is 12.1 Å². The van der Waals surface area contributed by atoms with E-state index in [9.17, 15) is 8.78 Å². The van der Waals surface area contributed by atoms with Gasteiger partial charge in [-0.25, -0.2) is 8.78 Å². The van der Waals surface area contributed by atoms with Crippen LogP contribution < -0.4 is 11.1 Å². The van der Waals surface area contributed by atoms with Crippen LogP contribution in [0.4, 0.5) is 14.5 Å². The molecule has 0 saturated carbocycles. The van der Waals surface area contributed by atoms with Crippen molar-refractivity contribution >= 4 is 22.9 Å². The van der Waals surface area contributed by atoms with Crippen molar-refractivity contribution in [2.75, 3.05) is 5.32 Å². The summed E-state index contributed by atoms with van der Waals surface area (Å²) < 4.78 is 27.5. The summed E-state index contributed by atoms with van der Waals surface area (Å²) in [6, 6.07) is 11.6. The number of hydrogen-bond donors (Lipinski definition) is 2. The normalized spacial score (nSPS) is 10.2. The van der Waals surface area contributed by atoms with Crippen molar-refractivity contribution in [3.63, 3.8) is 0 Å². The molecule has 0 amide bonds. The van der Waals surface area contributed by atoms with Crippen LogP contribution in [0.3, 0.4) is 0 Å². The Morgan fingerprint density at radius 2 is 1.68 bits per heavy atom. The summed E-state index contributed by atoms with van der Waals surface area (Å²) in [6.07, 6.45) is 0. The second-order valence-corrected chi connectivity index (χ2v) is 4.46. The van der Waals surface area contributed by atoms with Gasteiger partial charge in [-0.15, -0.1) is 0 Å². The highest BCUT2D eigenvalue weighted by Crippen LogP contribution is 2.21. The van der Waals surface area contributed by atoms with Crippen molar-refractivity contribution in [1.29, 1.82) is 0 Å². The molecule has 98 valence electrons. The first-order valence-corrected chi connectivity index (χ1v) is 6.05. The number of hydrogen-bond acceptors (Lipinski definition) is 2. The quantitative estimate of drug-likeness (QED) is 0.843. The smallest absolute Gasteiger partial charge is 0.150 e. The molecule has 0 unspecified atom stereocenters. The maximum atomic E-state index is 13.8. The van der Waals surface area contributed by atoms with Gasteiger partial charge in [-0.05, 0) is 17.7 Å². The zero-order valence-corrected chi connectivity index (χ0v) is 10.8. The third kappa shape index (κ3) is 3.26. The van der Waals surface area contributed by atoms with Gasteiger partial charge in [0.2, 0.25) is 0 Å². The minimum absolute atomic E-state index is 0.0348. The first kappa shape index (κ1) is 13.4. The summed E-state index contributed by atoms with van der Waals surface area (Å²) in [5.41, 5.74) is 6.27. The van der Waals surface area contributed by atoms with Crippen LogP contribution in [0.1, 0.15) is 11.1 Å². The topological polar surface area (TPSA) is 38.0 Å². The first-order chi connectivity index (χ1) is 9.08. The summed E-state index contributed by atoms with van der Waals surface area (Å²) >= 11 is 4.69. The predicted octanol–water partition coefficient (Wildman–Crippen LogP) is 3.21. The Bertz CT molecular complexity index is 577. The zero-order valence-electron chi connectivity index (χ0n) is 9.99. The molecule has 0 spiro atoms. The van der Waals surface area contributed by atoms with Gasteiger partial charge in [-0.3, -0.25) is 0 Å². The molecule has 0 saturated heterocycles. The Morgan fingerprint density at radius 3 is 2.21 bits per heavy atom. The van der Waals surface area contributed by atoms with Crippen LogP contribution in [0.5, 0.6) is 0 Å². The van der Waals surface area contributed by atoms with E-state index < -0.39 is 11.6 Å². The van der Waals surface area contributed by atoms with Crippen molar-refractivity contribution in [2.45, 2.75) is 6.54 Å². The molecule has 2 aromatic carbocycles. The van der Waals surface area contributed by atoms with Gasteiger partial charge in [-0.2, -0.15) is 0 Å².